The largest absolute Gasteiger partial charge is 0.480 e. The molecule has 2 rings (SSSR count). The SMILES string of the molecule is CC1CN2CCCC(C2)N1CC(=O)O. The van der Waals surface area contributed by atoms with E-state index in [1.165, 1.54) is 13.0 Å². The van der Waals surface area contributed by atoms with Gasteiger partial charge in [-0.15, -0.1) is 0 Å². The molecule has 14 heavy (non-hydrogen) atoms. The highest BCUT2D eigenvalue weighted by molar-refractivity contribution is 5.69. The summed E-state index contributed by atoms with van der Waals surface area (Å²) in [6.07, 6.45) is 2.38. The number of nitrogens with zero attached hydrogens (tertiary/aromatic N) is 2. The zero-order chi connectivity index (χ0) is 10.1. The van der Waals surface area contributed by atoms with Crippen LogP contribution in [0.5, 0.6) is 0 Å². The van der Waals surface area contributed by atoms with Crippen molar-refractivity contribution < 1.29 is 9.90 Å². The molecule has 0 spiro atoms. The lowest BCUT2D eigenvalue weighted by Crippen LogP contribution is -2.61. The lowest BCUT2D eigenvalue weighted by atomic mass is 9.97. The molecule has 1 N–H and O–H groups in total. The van der Waals surface area contributed by atoms with E-state index in [0.717, 1.165) is 19.5 Å². The smallest absolute Gasteiger partial charge is 0.317 e. The van der Waals surface area contributed by atoms with Crippen molar-refractivity contribution in [2.45, 2.75) is 31.8 Å². The number of hydrogen-bond acceptors (Lipinski definition) is 3. The quantitative estimate of drug-likeness (QED) is 0.690. The van der Waals surface area contributed by atoms with Crippen LogP contribution in [0.3, 0.4) is 0 Å². The second kappa shape index (κ2) is 3.87. The molecule has 3 atom stereocenters. The maximum atomic E-state index is 10.7. The first-order chi connectivity index (χ1) is 6.66. The number of aliphatic carboxylic acids is 1. The normalized spacial score (nSPS) is 38.2. The third-order valence-electron chi connectivity index (χ3n) is 3.36. The highest BCUT2D eigenvalue weighted by Crippen LogP contribution is 2.23. The number of fused-ring (bicyclic) bond motifs is 2. The van der Waals surface area contributed by atoms with Crippen LogP contribution in [0.4, 0.5) is 0 Å². The van der Waals surface area contributed by atoms with Gasteiger partial charge in [0.05, 0.1) is 6.54 Å². The van der Waals surface area contributed by atoms with E-state index >= 15 is 0 Å². The Morgan fingerprint density at radius 1 is 1.50 bits per heavy atom. The van der Waals surface area contributed by atoms with E-state index in [1.807, 2.05) is 0 Å². The fourth-order valence-electron chi connectivity index (χ4n) is 2.75. The number of carbonyl (C=O) groups is 1. The summed E-state index contributed by atoms with van der Waals surface area (Å²) >= 11 is 0. The van der Waals surface area contributed by atoms with Gasteiger partial charge in [-0.05, 0) is 26.3 Å². The lowest BCUT2D eigenvalue weighted by molar-refractivity contribution is -0.141. The van der Waals surface area contributed by atoms with Crippen LogP contribution in [0.1, 0.15) is 19.8 Å². The summed E-state index contributed by atoms with van der Waals surface area (Å²) in [4.78, 5) is 15.3. The first-order valence-corrected chi connectivity index (χ1v) is 5.36. The Labute approximate surface area is 84.5 Å². The first-order valence-electron chi connectivity index (χ1n) is 5.36. The molecule has 2 fully saturated rings. The fraction of sp³-hybridized carbons (Fsp3) is 0.900. The molecular formula is C10H18N2O2. The Morgan fingerprint density at radius 2 is 2.29 bits per heavy atom. The Kier molecular flexibility index (Phi) is 2.74. The third kappa shape index (κ3) is 1.91. The van der Waals surface area contributed by atoms with Gasteiger partial charge in [0.25, 0.3) is 0 Å². The summed E-state index contributed by atoms with van der Waals surface area (Å²) in [6.45, 7) is 5.64. The molecule has 0 aromatic rings. The standard InChI is InChI=1S/C10H18N2O2/c1-8-5-11-4-2-3-9(6-11)12(8)7-10(13)14/h8-9H,2-7H2,1H3,(H,13,14). The van der Waals surface area contributed by atoms with Crippen molar-refractivity contribution in [2.24, 2.45) is 0 Å². The third-order valence-corrected chi connectivity index (χ3v) is 3.36. The number of carboxylic acid groups (broad SMARTS) is 1. The number of piperidine rings is 1. The van der Waals surface area contributed by atoms with E-state index in [0.29, 0.717) is 12.1 Å². The average Bonchev–Trinajstić information content (AvgIpc) is 2.12. The number of rotatable bonds is 2. The number of carboxylic acids is 1. The van der Waals surface area contributed by atoms with E-state index in [-0.39, 0.29) is 6.54 Å². The average molecular weight is 198 g/mol. The molecule has 2 aliphatic heterocycles. The van der Waals surface area contributed by atoms with Crippen LogP contribution in [0.15, 0.2) is 0 Å². The van der Waals surface area contributed by atoms with Crippen LogP contribution in [-0.2, 0) is 4.79 Å². The molecule has 2 bridgehead atoms. The predicted molar refractivity (Wildman–Crippen MR) is 53.3 cm³/mol. The molecule has 4 nitrogen and oxygen atoms in total. The van der Waals surface area contributed by atoms with Gasteiger partial charge in [0, 0.05) is 25.2 Å². The van der Waals surface area contributed by atoms with Gasteiger partial charge in [-0.3, -0.25) is 9.69 Å². The molecule has 80 valence electrons. The molecule has 2 saturated heterocycles. The molecule has 0 aromatic heterocycles. The van der Waals surface area contributed by atoms with Crippen molar-refractivity contribution in [3.63, 3.8) is 0 Å². The van der Waals surface area contributed by atoms with Crippen LogP contribution < -0.4 is 0 Å². The summed E-state index contributed by atoms with van der Waals surface area (Å²) in [5.41, 5.74) is 0. The monoisotopic (exact) mass is 198 g/mol. The second-order valence-electron chi connectivity index (χ2n) is 4.47. The van der Waals surface area contributed by atoms with Crippen molar-refractivity contribution in [3.05, 3.63) is 0 Å². The maximum Gasteiger partial charge on any atom is 0.317 e. The van der Waals surface area contributed by atoms with E-state index in [4.69, 9.17) is 5.11 Å². The number of hydrogen-bond donors (Lipinski definition) is 1. The molecule has 0 aromatic carbocycles. The maximum absolute atomic E-state index is 10.7. The van der Waals surface area contributed by atoms with Gasteiger partial charge in [-0.1, -0.05) is 0 Å². The van der Waals surface area contributed by atoms with Crippen LogP contribution >= 0.6 is 0 Å². The zero-order valence-electron chi connectivity index (χ0n) is 8.65. The van der Waals surface area contributed by atoms with Gasteiger partial charge in [-0.2, -0.15) is 0 Å². The first kappa shape index (κ1) is 9.93. The van der Waals surface area contributed by atoms with Crippen LogP contribution in [0.2, 0.25) is 0 Å². The van der Waals surface area contributed by atoms with Crippen molar-refractivity contribution in [3.8, 4) is 0 Å². The molecule has 0 saturated carbocycles. The minimum atomic E-state index is -0.698. The predicted octanol–water partition coefficient (Wildman–Crippen LogP) is 0.239. The fourth-order valence-corrected chi connectivity index (χ4v) is 2.75. The molecule has 2 aliphatic rings. The van der Waals surface area contributed by atoms with E-state index < -0.39 is 5.97 Å². The van der Waals surface area contributed by atoms with E-state index in [9.17, 15) is 4.79 Å². The molecule has 4 heteroatoms. The molecule has 3 unspecified atom stereocenters. The Balaban J connectivity index is 2.03. The van der Waals surface area contributed by atoms with E-state index in [2.05, 4.69) is 16.7 Å². The second-order valence-corrected chi connectivity index (χ2v) is 4.47. The Morgan fingerprint density at radius 3 is 3.00 bits per heavy atom. The highest BCUT2D eigenvalue weighted by Gasteiger charge is 2.35. The van der Waals surface area contributed by atoms with Crippen molar-refractivity contribution in [2.75, 3.05) is 26.2 Å². The molecular weight excluding hydrogens is 180 g/mol. The summed E-state index contributed by atoms with van der Waals surface area (Å²) in [5, 5.41) is 8.83. The van der Waals surface area contributed by atoms with Gasteiger partial charge >= 0.3 is 5.97 Å². The summed E-state index contributed by atoms with van der Waals surface area (Å²) in [7, 11) is 0. The van der Waals surface area contributed by atoms with Crippen molar-refractivity contribution in [1.29, 1.82) is 0 Å². The van der Waals surface area contributed by atoms with Crippen molar-refractivity contribution >= 4 is 5.97 Å². The van der Waals surface area contributed by atoms with Crippen LogP contribution in [0.25, 0.3) is 0 Å². The van der Waals surface area contributed by atoms with Crippen molar-refractivity contribution in [1.82, 2.24) is 9.80 Å². The van der Waals surface area contributed by atoms with Gasteiger partial charge in [0.1, 0.15) is 0 Å². The van der Waals surface area contributed by atoms with Crippen LogP contribution in [-0.4, -0.2) is 59.1 Å². The minimum absolute atomic E-state index is 0.208. The summed E-state index contributed by atoms with van der Waals surface area (Å²) in [6, 6.07) is 0.869. The number of piperazine rings is 1. The molecule has 0 aliphatic carbocycles. The topological polar surface area (TPSA) is 43.8 Å². The Bertz CT molecular complexity index is 230. The van der Waals surface area contributed by atoms with Crippen LogP contribution in [0, 0.1) is 0 Å². The highest BCUT2D eigenvalue weighted by atomic mass is 16.4. The molecule has 2 heterocycles. The van der Waals surface area contributed by atoms with Gasteiger partial charge in [-0.25, -0.2) is 0 Å². The van der Waals surface area contributed by atoms with E-state index in [1.54, 1.807) is 0 Å². The molecule has 0 amide bonds. The lowest BCUT2D eigenvalue weighted by Gasteiger charge is -2.48. The summed E-state index contributed by atoms with van der Waals surface area (Å²) < 4.78 is 0. The van der Waals surface area contributed by atoms with Gasteiger partial charge < -0.3 is 10.0 Å². The molecule has 0 radical (unpaired) electrons. The van der Waals surface area contributed by atoms with Gasteiger partial charge in [0.2, 0.25) is 0 Å². The Hall–Kier alpha value is -0.610. The zero-order valence-corrected chi connectivity index (χ0v) is 8.65. The summed E-state index contributed by atoms with van der Waals surface area (Å²) in [5.74, 6) is -0.698. The minimum Gasteiger partial charge on any atom is -0.480 e. The van der Waals surface area contributed by atoms with Gasteiger partial charge in [0.15, 0.2) is 0 Å².